The third-order valence-corrected chi connectivity index (χ3v) is 6.04. The summed E-state index contributed by atoms with van der Waals surface area (Å²) in [6.07, 6.45) is 0.163. The van der Waals surface area contributed by atoms with Crippen LogP contribution in [0, 0.1) is 0 Å². The van der Waals surface area contributed by atoms with Crippen molar-refractivity contribution < 1.29 is 22.8 Å². The van der Waals surface area contributed by atoms with Gasteiger partial charge in [-0.25, -0.2) is 4.79 Å². The van der Waals surface area contributed by atoms with Crippen molar-refractivity contribution in [3.8, 4) is 0 Å². The Bertz CT molecular complexity index is 289. The molecule has 0 aromatic heterocycles. The zero-order chi connectivity index (χ0) is 16.5. The molecule has 0 rings (SSSR count). The molecule has 0 fully saturated rings. The van der Waals surface area contributed by atoms with Crippen molar-refractivity contribution in [3.05, 3.63) is 0 Å². The molecule has 0 spiro atoms. The van der Waals surface area contributed by atoms with Crippen molar-refractivity contribution in [2.75, 3.05) is 19.8 Å². The van der Waals surface area contributed by atoms with Crippen molar-refractivity contribution in [1.29, 1.82) is 0 Å². The number of amides is 1. The molecular weight excluding hydrogens is 290 g/mol. The standard InChI is InChI=1S/C14H31NO5Si/c1-8-12(15-13(16)20-14(5,6)7)21(17-9-2,18-10-3)19-11-4/h12H,8-11H2,1-7H3,(H,15,16). The lowest BCUT2D eigenvalue weighted by Gasteiger charge is -2.35. The molecule has 1 unspecified atom stereocenters. The number of ether oxygens (including phenoxy) is 1. The summed E-state index contributed by atoms with van der Waals surface area (Å²) in [6.45, 7) is 14.5. The summed E-state index contributed by atoms with van der Waals surface area (Å²) in [5.74, 6) is 0. The zero-order valence-electron chi connectivity index (χ0n) is 14.4. The molecule has 0 saturated heterocycles. The molecule has 1 amide bonds. The van der Waals surface area contributed by atoms with Gasteiger partial charge in [0, 0.05) is 19.8 Å². The van der Waals surface area contributed by atoms with Gasteiger partial charge in [0.1, 0.15) is 11.3 Å². The van der Waals surface area contributed by atoms with Crippen molar-refractivity contribution in [2.45, 2.75) is 66.2 Å². The second-order valence-corrected chi connectivity index (χ2v) is 8.28. The minimum absolute atomic E-state index is 0.327. The van der Waals surface area contributed by atoms with Crippen molar-refractivity contribution in [2.24, 2.45) is 0 Å². The number of nitrogens with one attached hydrogen (secondary N) is 1. The Morgan fingerprint density at radius 2 is 1.43 bits per heavy atom. The van der Waals surface area contributed by atoms with Gasteiger partial charge in [-0.1, -0.05) is 6.92 Å². The molecule has 21 heavy (non-hydrogen) atoms. The van der Waals surface area contributed by atoms with E-state index in [1.54, 1.807) is 0 Å². The van der Waals surface area contributed by atoms with E-state index in [4.69, 9.17) is 18.0 Å². The van der Waals surface area contributed by atoms with E-state index in [1.807, 2.05) is 48.5 Å². The van der Waals surface area contributed by atoms with E-state index >= 15 is 0 Å². The molecular formula is C14H31NO5Si. The van der Waals surface area contributed by atoms with E-state index < -0.39 is 20.5 Å². The molecule has 0 aliphatic rings. The topological polar surface area (TPSA) is 66.0 Å². The summed E-state index contributed by atoms with van der Waals surface area (Å²) < 4.78 is 22.8. The lowest BCUT2D eigenvalue weighted by Crippen LogP contribution is -2.63. The fourth-order valence-corrected chi connectivity index (χ4v) is 4.78. The largest absolute Gasteiger partial charge is 0.524 e. The second-order valence-electron chi connectivity index (χ2n) is 5.51. The third-order valence-electron chi connectivity index (χ3n) is 2.56. The van der Waals surface area contributed by atoms with Crippen LogP contribution < -0.4 is 5.32 Å². The number of carbonyl (C=O) groups excluding carboxylic acids is 1. The predicted octanol–water partition coefficient (Wildman–Crippen LogP) is 2.88. The van der Waals surface area contributed by atoms with E-state index in [0.29, 0.717) is 26.2 Å². The molecule has 0 aliphatic carbocycles. The first kappa shape index (κ1) is 20.4. The van der Waals surface area contributed by atoms with Crippen LogP contribution in [0.1, 0.15) is 54.9 Å². The van der Waals surface area contributed by atoms with Crippen LogP contribution in [0.4, 0.5) is 4.79 Å². The summed E-state index contributed by atoms with van der Waals surface area (Å²) >= 11 is 0. The van der Waals surface area contributed by atoms with Crippen LogP contribution in [-0.2, 0) is 18.0 Å². The molecule has 126 valence electrons. The number of hydrogen-bond acceptors (Lipinski definition) is 5. The van der Waals surface area contributed by atoms with Gasteiger partial charge in [0.05, 0.1) is 0 Å². The molecule has 6 nitrogen and oxygen atoms in total. The minimum atomic E-state index is -2.98. The Balaban J connectivity index is 5.07. The van der Waals surface area contributed by atoms with Gasteiger partial charge in [-0.3, -0.25) is 0 Å². The van der Waals surface area contributed by atoms with E-state index in [2.05, 4.69) is 5.32 Å². The highest BCUT2D eigenvalue weighted by Crippen LogP contribution is 2.18. The summed E-state index contributed by atoms with van der Waals surface area (Å²) in [4.78, 5) is 12.0. The van der Waals surface area contributed by atoms with Crippen LogP contribution in [0.15, 0.2) is 0 Å². The monoisotopic (exact) mass is 321 g/mol. The maximum atomic E-state index is 12.0. The molecule has 1 atom stereocenters. The fraction of sp³-hybridized carbons (Fsp3) is 0.929. The number of hydrogen-bond donors (Lipinski definition) is 1. The molecule has 0 aromatic carbocycles. The number of carbonyl (C=O) groups is 1. The summed E-state index contributed by atoms with van der Waals surface area (Å²) in [7, 11) is -2.98. The Labute approximate surface area is 129 Å². The Kier molecular flexibility index (Phi) is 9.11. The summed E-state index contributed by atoms with van der Waals surface area (Å²) in [6, 6.07) is 0. The quantitative estimate of drug-likeness (QED) is 0.661. The normalized spacial score (nSPS) is 13.9. The van der Waals surface area contributed by atoms with Gasteiger partial charge in [0.25, 0.3) is 0 Å². The molecule has 0 bridgehead atoms. The van der Waals surface area contributed by atoms with Gasteiger partial charge in [-0.2, -0.15) is 0 Å². The SMILES string of the molecule is CCO[Si](OCC)(OCC)C(CC)NC(=O)OC(C)(C)C. The Hall–Kier alpha value is -0.633. The number of alkyl carbamates (subject to hydrolysis) is 1. The average molecular weight is 321 g/mol. The first-order valence-electron chi connectivity index (χ1n) is 7.65. The molecule has 0 aromatic rings. The van der Waals surface area contributed by atoms with E-state index in [9.17, 15) is 4.79 Å². The van der Waals surface area contributed by atoms with Crippen LogP contribution in [0.2, 0.25) is 0 Å². The van der Waals surface area contributed by atoms with E-state index in [-0.39, 0.29) is 5.67 Å². The molecule has 0 saturated carbocycles. The van der Waals surface area contributed by atoms with Crippen molar-refractivity contribution in [3.63, 3.8) is 0 Å². The predicted molar refractivity (Wildman–Crippen MR) is 84.1 cm³/mol. The molecule has 0 heterocycles. The highest BCUT2D eigenvalue weighted by atomic mass is 28.4. The van der Waals surface area contributed by atoms with Crippen LogP contribution >= 0.6 is 0 Å². The number of rotatable bonds is 9. The second kappa shape index (κ2) is 9.40. The van der Waals surface area contributed by atoms with Crippen LogP contribution in [0.5, 0.6) is 0 Å². The fourth-order valence-electron chi connectivity index (χ4n) is 1.92. The van der Waals surface area contributed by atoms with E-state index in [0.717, 1.165) is 0 Å². The molecule has 7 heteroatoms. The van der Waals surface area contributed by atoms with Gasteiger partial charge in [-0.05, 0) is 48.0 Å². The van der Waals surface area contributed by atoms with Crippen LogP contribution in [0.25, 0.3) is 0 Å². The summed E-state index contributed by atoms with van der Waals surface area (Å²) in [5, 5.41) is 2.84. The first-order valence-corrected chi connectivity index (χ1v) is 9.46. The highest BCUT2D eigenvalue weighted by Gasteiger charge is 2.49. The lowest BCUT2D eigenvalue weighted by atomic mass is 10.2. The highest BCUT2D eigenvalue weighted by molar-refractivity contribution is 6.62. The maximum Gasteiger partial charge on any atom is 0.524 e. The lowest BCUT2D eigenvalue weighted by molar-refractivity contribution is 0.0375. The molecule has 0 radical (unpaired) electrons. The third kappa shape index (κ3) is 7.26. The van der Waals surface area contributed by atoms with Crippen molar-refractivity contribution >= 4 is 14.9 Å². The van der Waals surface area contributed by atoms with Gasteiger partial charge in [-0.15, -0.1) is 0 Å². The molecule has 1 N–H and O–H groups in total. The van der Waals surface area contributed by atoms with Gasteiger partial charge in [0.2, 0.25) is 0 Å². The minimum Gasteiger partial charge on any atom is -0.444 e. The average Bonchev–Trinajstić information content (AvgIpc) is 2.34. The maximum absolute atomic E-state index is 12.0. The van der Waals surface area contributed by atoms with E-state index in [1.165, 1.54) is 0 Å². The smallest absolute Gasteiger partial charge is 0.444 e. The first-order chi connectivity index (χ1) is 9.74. The van der Waals surface area contributed by atoms with Gasteiger partial charge in [0.15, 0.2) is 0 Å². The Morgan fingerprint density at radius 3 is 1.71 bits per heavy atom. The molecule has 0 aliphatic heterocycles. The summed E-state index contributed by atoms with van der Waals surface area (Å²) in [5.41, 5.74) is -0.873. The van der Waals surface area contributed by atoms with Crippen molar-refractivity contribution in [1.82, 2.24) is 5.32 Å². The zero-order valence-corrected chi connectivity index (χ0v) is 15.4. The Morgan fingerprint density at radius 1 is 1.00 bits per heavy atom. The van der Waals surface area contributed by atoms with Crippen LogP contribution in [0.3, 0.4) is 0 Å². The van der Waals surface area contributed by atoms with Gasteiger partial charge < -0.3 is 23.3 Å². The van der Waals surface area contributed by atoms with Gasteiger partial charge >= 0.3 is 14.9 Å². The van der Waals surface area contributed by atoms with Crippen LogP contribution in [-0.4, -0.2) is 46.0 Å².